The molecule has 17 heavy (non-hydrogen) atoms. The van der Waals surface area contributed by atoms with Gasteiger partial charge in [-0.25, -0.2) is 0 Å². The molecule has 0 amide bonds. The molecule has 0 aliphatic heterocycles. The predicted molar refractivity (Wildman–Crippen MR) is 62.1 cm³/mol. The Hall–Kier alpha value is -1.72. The topological polar surface area (TPSA) is 74.2 Å². The maximum absolute atomic E-state index is 6.02. The molecule has 0 radical (unpaired) electrons. The average Bonchev–Trinajstić information content (AvgIpc) is 2.85. The minimum atomic E-state index is -0.390. The van der Waals surface area contributed by atoms with Gasteiger partial charge in [0.2, 0.25) is 11.8 Å². The average molecular weight is 233 g/mol. The Morgan fingerprint density at radius 3 is 2.76 bits per heavy atom. The van der Waals surface area contributed by atoms with Crippen molar-refractivity contribution >= 4 is 0 Å². The Morgan fingerprint density at radius 2 is 2.06 bits per heavy atom. The molecule has 1 aromatic carbocycles. The zero-order valence-electron chi connectivity index (χ0n) is 9.67. The van der Waals surface area contributed by atoms with Crippen molar-refractivity contribution in [2.75, 3.05) is 6.61 Å². The second-order valence-corrected chi connectivity index (χ2v) is 3.56. The van der Waals surface area contributed by atoms with E-state index in [-0.39, 0.29) is 6.04 Å². The molecule has 5 heteroatoms. The van der Waals surface area contributed by atoms with Crippen LogP contribution in [0, 0.1) is 0 Å². The van der Waals surface area contributed by atoms with Gasteiger partial charge in [-0.2, -0.15) is 0 Å². The molecular weight excluding hydrogens is 218 g/mol. The zero-order chi connectivity index (χ0) is 12.1. The summed E-state index contributed by atoms with van der Waals surface area (Å²) in [7, 11) is 0. The van der Waals surface area contributed by atoms with Crippen molar-refractivity contribution in [3.63, 3.8) is 0 Å². The highest BCUT2D eigenvalue weighted by molar-refractivity contribution is 5.22. The summed E-state index contributed by atoms with van der Waals surface area (Å²) in [6.45, 7) is 2.85. The first-order valence-electron chi connectivity index (χ1n) is 5.51. The lowest BCUT2D eigenvalue weighted by Crippen LogP contribution is -2.11. The second-order valence-electron chi connectivity index (χ2n) is 3.56. The van der Waals surface area contributed by atoms with Crippen molar-refractivity contribution in [2.24, 2.45) is 5.73 Å². The van der Waals surface area contributed by atoms with Crippen molar-refractivity contribution in [3.8, 4) is 0 Å². The fourth-order valence-electron chi connectivity index (χ4n) is 1.44. The first-order valence-corrected chi connectivity index (χ1v) is 5.51. The summed E-state index contributed by atoms with van der Waals surface area (Å²) in [4.78, 5) is 0. The van der Waals surface area contributed by atoms with Crippen LogP contribution in [0.4, 0.5) is 0 Å². The van der Waals surface area contributed by atoms with Crippen LogP contribution in [0.2, 0.25) is 0 Å². The van der Waals surface area contributed by atoms with Gasteiger partial charge >= 0.3 is 0 Å². The Morgan fingerprint density at radius 1 is 1.29 bits per heavy atom. The van der Waals surface area contributed by atoms with Crippen LogP contribution in [0.15, 0.2) is 34.7 Å². The van der Waals surface area contributed by atoms with Crippen LogP contribution < -0.4 is 5.73 Å². The maximum atomic E-state index is 6.02. The molecule has 0 bridgehead atoms. The smallest absolute Gasteiger partial charge is 0.242 e. The van der Waals surface area contributed by atoms with E-state index in [9.17, 15) is 0 Å². The van der Waals surface area contributed by atoms with Gasteiger partial charge in [0, 0.05) is 6.61 Å². The number of nitrogens with two attached hydrogens (primary N) is 1. The highest BCUT2D eigenvalue weighted by Gasteiger charge is 2.15. The normalized spacial score (nSPS) is 12.6. The van der Waals surface area contributed by atoms with Gasteiger partial charge in [-0.15, -0.1) is 10.2 Å². The van der Waals surface area contributed by atoms with E-state index in [0.717, 1.165) is 5.56 Å². The molecule has 0 saturated carbocycles. The van der Waals surface area contributed by atoms with Gasteiger partial charge in [-0.1, -0.05) is 30.3 Å². The highest BCUT2D eigenvalue weighted by Crippen LogP contribution is 2.17. The summed E-state index contributed by atoms with van der Waals surface area (Å²) in [5, 5.41) is 7.80. The van der Waals surface area contributed by atoms with Crippen molar-refractivity contribution in [1.29, 1.82) is 0 Å². The first-order chi connectivity index (χ1) is 8.31. The van der Waals surface area contributed by atoms with Gasteiger partial charge in [0.15, 0.2) is 0 Å². The van der Waals surface area contributed by atoms with Gasteiger partial charge in [0.1, 0.15) is 12.6 Å². The first kappa shape index (κ1) is 11.8. The number of hydrogen-bond donors (Lipinski definition) is 1. The van der Waals surface area contributed by atoms with Gasteiger partial charge in [0.05, 0.1) is 0 Å². The maximum Gasteiger partial charge on any atom is 0.242 e. The molecule has 1 aromatic heterocycles. The quantitative estimate of drug-likeness (QED) is 0.850. The third-order valence-corrected chi connectivity index (χ3v) is 2.34. The third kappa shape index (κ3) is 2.89. The number of hydrogen-bond acceptors (Lipinski definition) is 5. The number of nitrogens with zero attached hydrogens (tertiary/aromatic N) is 2. The van der Waals surface area contributed by atoms with Gasteiger partial charge < -0.3 is 14.9 Å². The lowest BCUT2D eigenvalue weighted by molar-refractivity contribution is 0.113. The van der Waals surface area contributed by atoms with E-state index in [1.807, 2.05) is 37.3 Å². The Balaban J connectivity index is 2.09. The number of ether oxygens (including phenoxy) is 1. The fourth-order valence-corrected chi connectivity index (χ4v) is 1.44. The van der Waals surface area contributed by atoms with Crippen molar-refractivity contribution in [3.05, 3.63) is 47.7 Å². The van der Waals surface area contributed by atoms with Gasteiger partial charge in [-0.05, 0) is 12.5 Å². The van der Waals surface area contributed by atoms with Crippen LogP contribution in [0.1, 0.15) is 30.3 Å². The molecule has 1 atom stereocenters. The van der Waals surface area contributed by atoms with Crippen LogP contribution in [0.3, 0.4) is 0 Å². The minimum Gasteiger partial charge on any atom is -0.421 e. The van der Waals surface area contributed by atoms with Crippen LogP contribution in [0.5, 0.6) is 0 Å². The van der Waals surface area contributed by atoms with E-state index in [0.29, 0.717) is 25.0 Å². The minimum absolute atomic E-state index is 0.324. The number of benzene rings is 1. The standard InChI is InChI=1S/C12H15N3O2/c1-2-16-8-10-14-15-12(17-10)11(13)9-6-4-3-5-7-9/h3-7,11H,2,8,13H2,1H3. The fraction of sp³-hybridized carbons (Fsp3) is 0.333. The molecule has 2 rings (SSSR count). The number of rotatable bonds is 5. The van der Waals surface area contributed by atoms with E-state index in [2.05, 4.69) is 10.2 Å². The molecule has 0 aliphatic rings. The second kappa shape index (κ2) is 5.56. The molecule has 0 fully saturated rings. The molecule has 0 aliphatic carbocycles. The molecule has 2 aromatic rings. The van der Waals surface area contributed by atoms with E-state index < -0.39 is 0 Å². The number of aromatic nitrogens is 2. The zero-order valence-corrected chi connectivity index (χ0v) is 9.67. The lowest BCUT2D eigenvalue weighted by atomic mass is 10.1. The Labute approximate surface area is 99.6 Å². The lowest BCUT2D eigenvalue weighted by Gasteiger charge is -2.06. The summed E-state index contributed by atoms with van der Waals surface area (Å²) >= 11 is 0. The predicted octanol–water partition coefficient (Wildman–Crippen LogP) is 1.65. The monoisotopic (exact) mass is 233 g/mol. The van der Waals surface area contributed by atoms with E-state index >= 15 is 0 Å². The van der Waals surface area contributed by atoms with Crippen molar-refractivity contribution < 1.29 is 9.15 Å². The van der Waals surface area contributed by atoms with Crippen LogP contribution in [-0.4, -0.2) is 16.8 Å². The molecule has 1 unspecified atom stereocenters. The summed E-state index contributed by atoms with van der Waals surface area (Å²) in [5.41, 5.74) is 6.96. The summed E-state index contributed by atoms with van der Waals surface area (Å²) in [5.74, 6) is 0.860. The highest BCUT2D eigenvalue weighted by atomic mass is 16.5. The molecule has 1 heterocycles. The summed E-state index contributed by atoms with van der Waals surface area (Å²) < 4.78 is 10.6. The van der Waals surface area contributed by atoms with E-state index in [4.69, 9.17) is 14.9 Å². The molecular formula is C12H15N3O2. The van der Waals surface area contributed by atoms with Crippen LogP contribution in [-0.2, 0) is 11.3 Å². The summed E-state index contributed by atoms with van der Waals surface area (Å²) in [6, 6.07) is 9.25. The van der Waals surface area contributed by atoms with E-state index in [1.54, 1.807) is 0 Å². The van der Waals surface area contributed by atoms with Gasteiger partial charge in [0.25, 0.3) is 0 Å². The molecule has 0 spiro atoms. The molecule has 5 nitrogen and oxygen atoms in total. The van der Waals surface area contributed by atoms with Crippen molar-refractivity contribution in [1.82, 2.24) is 10.2 Å². The Kier molecular flexibility index (Phi) is 3.85. The van der Waals surface area contributed by atoms with E-state index in [1.165, 1.54) is 0 Å². The van der Waals surface area contributed by atoms with Crippen LogP contribution >= 0.6 is 0 Å². The van der Waals surface area contributed by atoms with Crippen LogP contribution in [0.25, 0.3) is 0 Å². The Bertz CT molecular complexity index is 456. The largest absolute Gasteiger partial charge is 0.421 e. The molecule has 0 saturated heterocycles. The van der Waals surface area contributed by atoms with Crippen molar-refractivity contribution in [2.45, 2.75) is 19.6 Å². The molecule has 90 valence electrons. The van der Waals surface area contributed by atoms with Gasteiger partial charge in [-0.3, -0.25) is 0 Å². The molecule has 2 N–H and O–H groups in total. The summed E-state index contributed by atoms with van der Waals surface area (Å²) in [6.07, 6.45) is 0. The third-order valence-electron chi connectivity index (χ3n) is 2.34. The SMILES string of the molecule is CCOCc1nnc(C(N)c2ccccc2)o1.